The van der Waals surface area contributed by atoms with Crippen molar-refractivity contribution in [1.29, 1.82) is 0 Å². The monoisotopic (exact) mass is 351 g/mol. The zero-order valence-corrected chi connectivity index (χ0v) is 15.4. The zero-order valence-electron chi connectivity index (χ0n) is 15.4. The van der Waals surface area contributed by atoms with Gasteiger partial charge in [0.25, 0.3) is 0 Å². The highest BCUT2D eigenvalue weighted by Gasteiger charge is 2.24. The molecule has 1 aromatic rings. The summed E-state index contributed by atoms with van der Waals surface area (Å²) in [5.74, 6) is 0.457. The maximum Gasteiger partial charge on any atom is 0.328 e. The predicted molar refractivity (Wildman–Crippen MR) is 93.9 cm³/mol. The second-order valence-electron chi connectivity index (χ2n) is 5.55. The Morgan fingerprint density at radius 1 is 1.00 bits per heavy atom. The lowest BCUT2D eigenvalue weighted by Crippen LogP contribution is -2.44. The number of hydrogen-bond acceptors (Lipinski definition) is 6. The van der Waals surface area contributed by atoms with Crippen LogP contribution in [0.3, 0.4) is 0 Å². The quantitative estimate of drug-likeness (QED) is 0.570. The van der Waals surface area contributed by atoms with Crippen LogP contribution in [0.1, 0.15) is 19.4 Å². The summed E-state index contributed by atoms with van der Waals surface area (Å²) in [6.45, 7) is 3.65. The van der Waals surface area contributed by atoms with Crippen LogP contribution in [-0.4, -0.2) is 46.4 Å². The third-order valence-electron chi connectivity index (χ3n) is 3.53. The molecule has 138 valence electrons. The summed E-state index contributed by atoms with van der Waals surface area (Å²) in [7, 11) is 5.83. The van der Waals surface area contributed by atoms with Crippen molar-refractivity contribution in [1.82, 2.24) is 5.32 Å². The Bertz CT molecular complexity index is 613. The Kier molecular flexibility index (Phi) is 7.78. The van der Waals surface area contributed by atoms with E-state index in [2.05, 4.69) is 5.32 Å². The van der Waals surface area contributed by atoms with Crippen molar-refractivity contribution >= 4 is 18.0 Å². The fraction of sp³-hybridized carbons (Fsp3) is 0.444. The van der Waals surface area contributed by atoms with Crippen LogP contribution in [0.15, 0.2) is 18.2 Å². The molecular weight excluding hydrogens is 326 g/mol. The van der Waals surface area contributed by atoms with Crippen molar-refractivity contribution in [3.63, 3.8) is 0 Å². The van der Waals surface area contributed by atoms with Gasteiger partial charge >= 0.3 is 5.97 Å². The normalized spacial score (nSPS) is 12.0. The molecule has 1 amide bonds. The van der Waals surface area contributed by atoms with Gasteiger partial charge in [-0.3, -0.25) is 4.79 Å². The average Bonchev–Trinajstić information content (AvgIpc) is 2.62. The molecule has 0 aliphatic heterocycles. The first-order valence-corrected chi connectivity index (χ1v) is 7.74. The molecule has 25 heavy (non-hydrogen) atoms. The number of carbonyl (C=O) groups excluding carboxylic acids is 2. The SMILES string of the molecule is COC(=O)C(NC(=O)/C=C/c1cc(OC)c(OC)c(OC)c1)C(C)C. The molecule has 0 aromatic heterocycles. The minimum Gasteiger partial charge on any atom is -0.493 e. The van der Waals surface area contributed by atoms with E-state index in [9.17, 15) is 9.59 Å². The van der Waals surface area contributed by atoms with Gasteiger partial charge in [-0.15, -0.1) is 0 Å². The van der Waals surface area contributed by atoms with Crippen LogP contribution >= 0.6 is 0 Å². The summed E-state index contributed by atoms with van der Waals surface area (Å²) in [6, 6.07) is 2.72. The van der Waals surface area contributed by atoms with Gasteiger partial charge in [0.05, 0.1) is 28.4 Å². The highest BCUT2D eigenvalue weighted by molar-refractivity contribution is 5.94. The second-order valence-corrected chi connectivity index (χ2v) is 5.55. The van der Waals surface area contributed by atoms with Gasteiger partial charge in [-0.1, -0.05) is 13.8 Å². The minimum atomic E-state index is -0.706. The number of methoxy groups -OCH3 is 4. The van der Waals surface area contributed by atoms with E-state index >= 15 is 0 Å². The molecule has 0 saturated heterocycles. The van der Waals surface area contributed by atoms with Gasteiger partial charge in [0.1, 0.15) is 6.04 Å². The number of amides is 1. The van der Waals surface area contributed by atoms with Crippen molar-refractivity contribution in [2.24, 2.45) is 5.92 Å². The molecule has 0 bridgehead atoms. The second kappa shape index (κ2) is 9.56. The molecule has 0 saturated carbocycles. The van der Waals surface area contributed by atoms with Crippen molar-refractivity contribution in [3.8, 4) is 17.2 Å². The summed E-state index contributed by atoms with van der Waals surface area (Å²) in [4.78, 5) is 23.8. The lowest BCUT2D eigenvalue weighted by Gasteiger charge is -2.18. The fourth-order valence-corrected chi connectivity index (χ4v) is 2.20. The number of carbonyl (C=O) groups is 2. The first-order chi connectivity index (χ1) is 11.9. The highest BCUT2D eigenvalue weighted by atomic mass is 16.5. The number of esters is 1. The van der Waals surface area contributed by atoms with Crippen LogP contribution < -0.4 is 19.5 Å². The van der Waals surface area contributed by atoms with Crippen LogP contribution in [0, 0.1) is 5.92 Å². The summed E-state index contributed by atoms with van der Waals surface area (Å²) < 4.78 is 20.5. The fourth-order valence-electron chi connectivity index (χ4n) is 2.20. The Morgan fingerprint density at radius 2 is 1.56 bits per heavy atom. The van der Waals surface area contributed by atoms with E-state index in [1.807, 2.05) is 13.8 Å². The van der Waals surface area contributed by atoms with E-state index in [0.29, 0.717) is 22.8 Å². The van der Waals surface area contributed by atoms with Gasteiger partial charge in [0.15, 0.2) is 11.5 Å². The molecule has 0 aliphatic rings. The van der Waals surface area contributed by atoms with E-state index in [0.717, 1.165) is 0 Å². The molecule has 0 fully saturated rings. The number of hydrogen-bond donors (Lipinski definition) is 1. The summed E-state index contributed by atoms with van der Waals surface area (Å²) in [6.07, 6.45) is 2.92. The number of benzene rings is 1. The molecule has 0 radical (unpaired) electrons. The Balaban J connectivity index is 2.97. The van der Waals surface area contributed by atoms with Crippen molar-refractivity contribution in [3.05, 3.63) is 23.8 Å². The van der Waals surface area contributed by atoms with Crippen LogP contribution in [-0.2, 0) is 14.3 Å². The number of nitrogens with one attached hydrogen (secondary N) is 1. The molecule has 1 atom stereocenters. The molecular formula is C18H25NO6. The van der Waals surface area contributed by atoms with Gasteiger partial charge in [-0.05, 0) is 29.7 Å². The third-order valence-corrected chi connectivity index (χ3v) is 3.53. The molecule has 0 spiro atoms. The predicted octanol–water partition coefficient (Wildman–Crippen LogP) is 2.04. The lowest BCUT2D eigenvalue weighted by molar-refractivity contribution is -0.145. The standard InChI is InChI=1S/C18H25NO6/c1-11(2)16(18(21)25-6)19-15(20)8-7-12-9-13(22-3)17(24-5)14(10-12)23-4/h7-11,16H,1-6H3,(H,19,20)/b8-7+. The first kappa shape index (κ1) is 20.3. The molecule has 1 N–H and O–H groups in total. The number of rotatable bonds is 8. The Labute approximate surface area is 147 Å². The van der Waals surface area contributed by atoms with Gasteiger partial charge < -0.3 is 24.3 Å². The topological polar surface area (TPSA) is 83.1 Å². The largest absolute Gasteiger partial charge is 0.493 e. The lowest BCUT2D eigenvalue weighted by atomic mass is 10.0. The van der Waals surface area contributed by atoms with Crippen molar-refractivity contribution in [2.75, 3.05) is 28.4 Å². The van der Waals surface area contributed by atoms with Gasteiger partial charge in [-0.25, -0.2) is 4.79 Å². The molecule has 0 heterocycles. The maximum absolute atomic E-state index is 12.1. The van der Waals surface area contributed by atoms with Crippen LogP contribution in [0.4, 0.5) is 0 Å². The van der Waals surface area contributed by atoms with Crippen molar-refractivity contribution in [2.45, 2.75) is 19.9 Å². The van der Waals surface area contributed by atoms with Crippen LogP contribution in [0.25, 0.3) is 6.08 Å². The first-order valence-electron chi connectivity index (χ1n) is 7.74. The molecule has 1 rings (SSSR count). The van der Waals surface area contributed by atoms with Gasteiger partial charge in [0.2, 0.25) is 11.7 Å². The molecule has 1 unspecified atom stereocenters. The Morgan fingerprint density at radius 3 is 1.96 bits per heavy atom. The van der Waals surface area contributed by atoms with Crippen LogP contribution in [0.2, 0.25) is 0 Å². The summed E-state index contributed by atoms with van der Waals surface area (Å²) >= 11 is 0. The van der Waals surface area contributed by atoms with Crippen LogP contribution in [0.5, 0.6) is 17.2 Å². The smallest absolute Gasteiger partial charge is 0.328 e. The van der Waals surface area contributed by atoms with Gasteiger partial charge in [-0.2, -0.15) is 0 Å². The van der Waals surface area contributed by atoms with E-state index in [-0.39, 0.29) is 5.92 Å². The van der Waals surface area contributed by atoms with Crippen molar-refractivity contribution < 1.29 is 28.5 Å². The molecule has 0 aliphatic carbocycles. The molecule has 7 heteroatoms. The molecule has 1 aromatic carbocycles. The zero-order chi connectivity index (χ0) is 19.0. The van der Waals surface area contributed by atoms with E-state index in [1.165, 1.54) is 34.5 Å². The van der Waals surface area contributed by atoms with Gasteiger partial charge in [0, 0.05) is 6.08 Å². The maximum atomic E-state index is 12.1. The average molecular weight is 351 g/mol. The summed E-state index contributed by atoms with van der Waals surface area (Å²) in [5.41, 5.74) is 0.684. The molecule has 7 nitrogen and oxygen atoms in total. The number of ether oxygens (including phenoxy) is 4. The van der Waals surface area contributed by atoms with E-state index < -0.39 is 17.9 Å². The van der Waals surface area contributed by atoms with E-state index in [1.54, 1.807) is 18.2 Å². The summed E-state index contributed by atoms with van der Waals surface area (Å²) in [5, 5.41) is 2.63. The minimum absolute atomic E-state index is 0.0917. The third kappa shape index (κ3) is 5.41. The van der Waals surface area contributed by atoms with E-state index in [4.69, 9.17) is 18.9 Å². The highest BCUT2D eigenvalue weighted by Crippen LogP contribution is 2.38. The Hall–Kier alpha value is -2.70.